The summed E-state index contributed by atoms with van der Waals surface area (Å²) in [6.07, 6.45) is 2.27. The number of hydrogen-bond donors (Lipinski definition) is 1. The van der Waals surface area contributed by atoms with Crippen molar-refractivity contribution in [3.63, 3.8) is 0 Å². The fraction of sp³-hybridized carbons (Fsp3) is 0.500. The Morgan fingerprint density at radius 3 is 2.50 bits per heavy atom. The summed E-state index contributed by atoms with van der Waals surface area (Å²) in [5.41, 5.74) is 0. The van der Waals surface area contributed by atoms with Crippen LogP contribution < -0.4 is 5.32 Å². The van der Waals surface area contributed by atoms with E-state index in [1.165, 1.54) is 0 Å². The van der Waals surface area contributed by atoms with Gasteiger partial charge in [-0.2, -0.15) is 0 Å². The second-order valence-corrected chi connectivity index (χ2v) is 5.47. The fourth-order valence-corrected chi connectivity index (χ4v) is 2.95. The quantitative estimate of drug-likeness (QED) is 0.774. The van der Waals surface area contributed by atoms with Gasteiger partial charge in [-0.1, -0.05) is 0 Å². The molecule has 90 valence electrons. The predicted octanol–water partition coefficient (Wildman–Crippen LogP) is 0.173. The molecular weight excluding hydrogens is 257 g/mol. The second-order valence-electron chi connectivity index (χ2n) is 3.34. The highest BCUT2D eigenvalue weighted by Gasteiger charge is 2.32. The molecule has 1 aliphatic rings. The summed E-state index contributed by atoms with van der Waals surface area (Å²) in [4.78, 5) is 6.99. The van der Waals surface area contributed by atoms with Crippen molar-refractivity contribution in [2.45, 2.75) is 16.8 Å². The van der Waals surface area contributed by atoms with Gasteiger partial charge >= 0.3 is 0 Å². The standard InChI is InChI=1S/C8H10FN3O2S.ClH/c9-6-3-11-8(12-4-6)15(13,14)7-1-2-10-5-7;/h3-4,7,10H,1-2,5H2;1H/t7-;/m1./s1. The Hall–Kier alpha value is -0.790. The van der Waals surface area contributed by atoms with Gasteiger partial charge in [0.1, 0.15) is 0 Å². The Bertz CT molecular complexity index is 445. The van der Waals surface area contributed by atoms with Gasteiger partial charge in [-0.15, -0.1) is 12.4 Å². The minimum Gasteiger partial charge on any atom is -0.315 e. The lowest BCUT2D eigenvalue weighted by atomic mass is 10.4. The van der Waals surface area contributed by atoms with Crippen LogP contribution in [-0.2, 0) is 9.84 Å². The van der Waals surface area contributed by atoms with Crippen LogP contribution in [0.25, 0.3) is 0 Å². The van der Waals surface area contributed by atoms with Crippen molar-refractivity contribution < 1.29 is 12.8 Å². The summed E-state index contributed by atoms with van der Waals surface area (Å²) in [5, 5.41) is 2.16. The van der Waals surface area contributed by atoms with E-state index < -0.39 is 20.9 Å². The molecule has 2 heterocycles. The molecule has 16 heavy (non-hydrogen) atoms. The van der Waals surface area contributed by atoms with Crippen molar-refractivity contribution in [1.82, 2.24) is 15.3 Å². The van der Waals surface area contributed by atoms with Crippen LogP contribution in [-0.4, -0.2) is 36.7 Å². The third-order valence-corrected chi connectivity index (χ3v) is 4.30. The molecule has 0 aromatic carbocycles. The van der Waals surface area contributed by atoms with Crippen LogP contribution in [0.4, 0.5) is 4.39 Å². The summed E-state index contributed by atoms with van der Waals surface area (Å²) in [6, 6.07) is 0. The molecule has 1 aromatic rings. The van der Waals surface area contributed by atoms with Crippen LogP contribution in [0.15, 0.2) is 17.6 Å². The molecule has 0 radical (unpaired) electrons. The van der Waals surface area contributed by atoms with Gasteiger partial charge in [0.05, 0.1) is 17.6 Å². The van der Waals surface area contributed by atoms with Crippen molar-refractivity contribution in [3.8, 4) is 0 Å². The average Bonchev–Trinajstić information content (AvgIpc) is 2.71. The SMILES string of the molecule is Cl.O=S(=O)(c1ncc(F)cn1)[C@@H]1CCNC1. The molecule has 1 aliphatic heterocycles. The monoisotopic (exact) mass is 267 g/mol. The van der Waals surface area contributed by atoms with Gasteiger partial charge in [-0.3, -0.25) is 0 Å². The summed E-state index contributed by atoms with van der Waals surface area (Å²) in [7, 11) is -3.51. The lowest BCUT2D eigenvalue weighted by molar-refractivity contribution is 0.565. The highest BCUT2D eigenvalue weighted by Crippen LogP contribution is 2.16. The van der Waals surface area contributed by atoms with E-state index in [-0.39, 0.29) is 17.6 Å². The first-order valence-electron chi connectivity index (χ1n) is 4.53. The van der Waals surface area contributed by atoms with Gasteiger partial charge in [-0.25, -0.2) is 22.8 Å². The average molecular weight is 268 g/mol. The molecule has 1 N–H and O–H groups in total. The summed E-state index contributed by atoms with van der Waals surface area (Å²) in [5.74, 6) is -0.640. The van der Waals surface area contributed by atoms with E-state index in [9.17, 15) is 12.8 Å². The first-order chi connectivity index (χ1) is 7.10. The van der Waals surface area contributed by atoms with Crippen molar-refractivity contribution in [1.29, 1.82) is 0 Å². The second kappa shape index (κ2) is 5.03. The number of aromatic nitrogens is 2. The van der Waals surface area contributed by atoms with Crippen molar-refractivity contribution in [2.24, 2.45) is 0 Å². The van der Waals surface area contributed by atoms with E-state index in [0.717, 1.165) is 12.4 Å². The fourth-order valence-electron chi connectivity index (χ4n) is 1.49. The maximum Gasteiger partial charge on any atom is 0.247 e. The number of nitrogens with one attached hydrogen (secondary N) is 1. The van der Waals surface area contributed by atoms with Crippen molar-refractivity contribution in [3.05, 3.63) is 18.2 Å². The Morgan fingerprint density at radius 2 is 2.00 bits per heavy atom. The third kappa shape index (κ3) is 2.47. The zero-order valence-corrected chi connectivity index (χ0v) is 9.89. The van der Waals surface area contributed by atoms with Gasteiger partial charge < -0.3 is 5.32 Å². The van der Waals surface area contributed by atoms with Crippen LogP contribution >= 0.6 is 12.4 Å². The van der Waals surface area contributed by atoms with E-state index >= 15 is 0 Å². The van der Waals surface area contributed by atoms with Gasteiger partial charge in [0, 0.05) is 6.54 Å². The number of halogens is 2. The molecular formula is C8H11ClFN3O2S. The summed E-state index contributed by atoms with van der Waals surface area (Å²) in [6.45, 7) is 1.08. The smallest absolute Gasteiger partial charge is 0.247 e. The highest BCUT2D eigenvalue weighted by atomic mass is 35.5. The van der Waals surface area contributed by atoms with E-state index in [0.29, 0.717) is 19.5 Å². The highest BCUT2D eigenvalue weighted by molar-refractivity contribution is 7.91. The molecule has 1 saturated heterocycles. The van der Waals surface area contributed by atoms with Crippen molar-refractivity contribution >= 4 is 22.2 Å². The normalized spacial score (nSPS) is 20.4. The van der Waals surface area contributed by atoms with Crippen LogP contribution in [0.3, 0.4) is 0 Å². The Morgan fingerprint density at radius 1 is 1.38 bits per heavy atom. The predicted molar refractivity (Wildman–Crippen MR) is 57.7 cm³/mol. The number of nitrogens with zero attached hydrogens (tertiary/aromatic N) is 2. The minimum absolute atomic E-state index is 0. The molecule has 0 unspecified atom stereocenters. The zero-order valence-electron chi connectivity index (χ0n) is 8.26. The van der Waals surface area contributed by atoms with E-state index in [2.05, 4.69) is 15.3 Å². The van der Waals surface area contributed by atoms with Crippen molar-refractivity contribution in [2.75, 3.05) is 13.1 Å². The molecule has 1 fully saturated rings. The molecule has 0 amide bonds. The maximum absolute atomic E-state index is 12.5. The number of rotatable bonds is 2. The topological polar surface area (TPSA) is 72.0 Å². The molecule has 0 spiro atoms. The molecule has 0 saturated carbocycles. The Kier molecular flexibility index (Phi) is 4.17. The lowest BCUT2D eigenvalue weighted by Gasteiger charge is -2.07. The largest absolute Gasteiger partial charge is 0.315 e. The number of hydrogen-bond acceptors (Lipinski definition) is 5. The van der Waals surface area contributed by atoms with Gasteiger partial charge in [-0.05, 0) is 13.0 Å². The summed E-state index contributed by atoms with van der Waals surface area (Å²) < 4.78 is 36.2. The van der Waals surface area contributed by atoms with Gasteiger partial charge in [0.15, 0.2) is 5.82 Å². The van der Waals surface area contributed by atoms with E-state index in [1.54, 1.807) is 0 Å². The van der Waals surface area contributed by atoms with Crippen LogP contribution in [0.1, 0.15) is 6.42 Å². The number of sulfone groups is 1. The van der Waals surface area contributed by atoms with Gasteiger partial charge in [0.25, 0.3) is 0 Å². The Labute approximate surface area is 98.8 Å². The van der Waals surface area contributed by atoms with E-state index in [1.807, 2.05) is 0 Å². The Balaban J connectivity index is 0.00000128. The summed E-state index contributed by atoms with van der Waals surface area (Å²) >= 11 is 0. The molecule has 5 nitrogen and oxygen atoms in total. The molecule has 0 aliphatic carbocycles. The first-order valence-corrected chi connectivity index (χ1v) is 6.07. The molecule has 2 rings (SSSR count). The molecule has 1 atom stereocenters. The minimum atomic E-state index is -3.51. The zero-order chi connectivity index (χ0) is 10.9. The molecule has 0 bridgehead atoms. The molecule has 8 heteroatoms. The molecule has 1 aromatic heterocycles. The van der Waals surface area contributed by atoms with Crippen LogP contribution in [0.5, 0.6) is 0 Å². The van der Waals surface area contributed by atoms with E-state index in [4.69, 9.17) is 0 Å². The maximum atomic E-state index is 12.5. The van der Waals surface area contributed by atoms with Crippen LogP contribution in [0, 0.1) is 5.82 Å². The van der Waals surface area contributed by atoms with Crippen LogP contribution in [0.2, 0.25) is 0 Å². The lowest BCUT2D eigenvalue weighted by Crippen LogP contribution is -2.25. The third-order valence-electron chi connectivity index (χ3n) is 2.31. The van der Waals surface area contributed by atoms with Gasteiger partial charge in [0.2, 0.25) is 15.0 Å². The first kappa shape index (κ1) is 13.3.